The first-order valence-electron chi connectivity index (χ1n) is 11.3. The van der Waals surface area contributed by atoms with E-state index < -0.39 is 18.2 Å². The van der Waals surface area contributed by atoms with Crippen LogP contribution in [0.2, 0.25) is 0 Å². The van der Waals surface area contributed by atoms with E-state index in [0.29, 0.717) is 12.3 Å². The zero-order chi connectivity index (χ0) is 22.3. The van der Waals surface area contributed by atoms with Gasteiger partial charge in [0, 0.05) is 5.92 Å². The minimum absolute atomic E-state index is 0.104. The Morgan fingerprint density at radius 3 is 2.67 bits per heavy atom. The SMILES string of the molecule is CC[C@@H](C)C(=O)O[C@H]1CCC=C2C=C[C@@H](C)[C@@H](CC[C@H](O)C[C@H](O)CC(=O)OC)[C@@H]21. The lowest BCUT2D eigenvalue weighted by molar-refractivity contribution is -0.158. The van der Waals surface area contributed by atoms with Crippen LogP contribution in [0.15, 0.2) is 23.8 Å². The first kappa shape index (κ1) is 24.6. The number of carbonyl (C=O) groups excluding carboxylic acids is 2. The number of rotatable bonds is 10. The molecule has 6 heteroatoms. The number of aliphatic hydroxyl groups excluding tert-OH is 2. The van der Waals surface area contributed by atoms with Gasteiger partial charge in [-0.25, -0.2) is 0 Å². The molecule has 0 radical (unpaired) electrons. The Labute approximate surface area is 180 Å². The van der Waals surface area contributed by atoms with Gasteiger partial charge in [-0.15, -0.1) is 0 Å². The van der Waals surface area contributed by atoms with Gasteiger partial charge in [-0.2, -0.15) is 0 Å². The topological polar surface area (TPSA) is 93.1 Å². The van der Waals surface area contributed by atoms with Crippen LogP contribution in [0.25, 0.3) is 0 Å². The number of esters is 2. The molecule has 0 unspecified atom stereocenters. The first-order chi connectivity index (χ1) is 14.3. The number of carbonyl (C=O) groups is 2. The molecular weight excluding hydrogens is 384 g/mol. The fraction of sp³-hybridized carbons (Fsp3) is 0.750. The van der Waals surface area contributed by atoms with Crippen LogP contribution in [0.4, 0.5) is 0 Å². The van der Waals surface area contributed by atoms with Crippen molar-refractivity contribution in [2.24, 2.45) is 23.7 Å². The van der Waals surface area contributed by atoms with Gasteiger partial charge in [0.1, 0.15) is 6.10 Å². The lowest BCUT2D eigenvalue weighted by atomic mass is 9.66. The Morgan fingerprint density at radius 1 is 1.27 bits per heavy atom. The third-order valence-electron chi connectivity index (χ3n) is 6.64. The smallest absolute Gasteiger partial charge is 0.308 e. The van der Waals surface area contributed by atoms with E-state index in [4.69, 9.17) is 4.74 Å². The maximum atomic E-state index is 12.4. The molecule has 0 aromatic heterocycles. The minimum atomic E-state index is -0.912. The molecule has 0 aliphatic heterocycles. The molecule has 2 N–H and O–H groups in total. The summed E-state index contributed by atoms with van der Waals surface area (Å²) in [7, 11) is 1.28. The zero-order valence-electron chi connectivity index (χ0n) is 18.8. The van der Waals surface area contributed by atoms with Crippen molar-refractivity contribution in [2.45, 2.75) is 84.0 Å². The van der Waals surface area contributed by atoms with Gasteiger partial charge in [0.05, 0.1) is 31.7 Å². The van der Waals surface area contributed by atoms with E-state index >= 15 is 0 Å². The van der Waals surface area contributed by atoms with Crippen LogP contribution >= 0.6 is 0 Å². The Morgan fingerprint density at radius 2 is 2.00 bits per heavy atom. The fourth-order valence-electron chi connectivity index (χ4n) is 4.56. The number of aliphatic hydroxyl groups is 2. The molecule has 0 saturated heterocycles. The highest BCUT2D eigenvalue weighted by atomic mass is 16.5. The predicted octanol–water partition coefficient (Wildman–Crippen LogP) is 3.56. The molecule has 6 nitrogen and oxygen atoms in total. The summed E-state index contributed by atoms with van der Waals surface area (Å²) in [6, 6.07) is 0. The molecule has 0 heterocycles. The Balaban J connectivity index is 2.01. The highest BCUT2D eigenvalue weighted by molar-refractivity contribution is 5.72. The average Bonchev–Trinajstić information content (AvgIpc) is 2.72. The second-order valence-corrected chi connectivity index (χ2v) is 8.87. The second kappa shape index (κ2) is 11.7. The fourth-order valence-corrected chi connectivity index (χ4v) is 4.56. The average molecular weight is 423 g/mol. The normalized spacial score (nSPS) is 28.7. The van der Waals surface area contributed by atoms with Crippen LogP contribution in [0, 0.1) is 23.7 Å². The molecule has 0 amide bonds. The van der Waals surface area contributed by atoms with Crippen LogP contribution < -0.4 is 0 Å². The quantitative estimate of drug-likeness (QED) is 0.523. The molecule has 0 aromatic rings. The van der Waals surface area contributed by atoms with Gasteiger partial charge in [-0.3, -0.25) is 9.59 Å². The molecule has 2 aliphatic carbocycles. The summed E-state index contributed by atoms with van der Waals surface area (Å²) in [6.07, 6.45) is 8.67. The van der Waals surface area contributed by atoms with E-state index in [9.17, 15) is 19.8 Å². The van der Waals surface area contributed by atoms with Gasteiger partial charge in [0.15, 0.2) is 0 Å². The van der Waals surface area contributed by atoms with E-state index in [2.05, 4.69) is 29.9 Å². The number of allylic oxidation sites excluding steroid dienone is 3. The Hall–Kier alpha value is -1.66. The molecule has 0 bridgehead atoms. The van der Waals surface area contributed by atoms with Crippen LogP contribution in [0.3, 0.4) is 0 Å². The number of hydrogen-bond acceptors (Lipinski definition) is 6. The minimum Gasteiger partial charge on any atom is -0.469 e. The molecule has 30 heavy (non-hydrogen) atoms. The van der Waals surface area contributed by atoms with Gasteiger partial charge in [-0.1, -0.05) is 39.0 Å². The van der Waals surface area contributed by atoms with E-state index in [1.165, 1.54) is 12.7 Å². The highest BCUT2D eigenvalue weighted by Crippen LogP contribution is 2.44. The third-order valence-corrected chi connectivity index (χ3v) is 6.64. The maximum Gasteiger partial charge on any atom is 0.308 e. The first-order valence-corrected chi connectivity index (χ1v) is 11.3. The van der Waals surface area contributed by atoms with E-state index in [1.54, 1.807) is 0 Å². The highest BCUT2D eigenvalue weighted by Gasteiger charge is 2.40. The summed E-state index contributed by atoms with van der Waals surface area (Å²) in [6.45, 7) is 6.06. The summed E-state index contributed by atoms with van der Waals surface area (Å²) in [5.41, 5.74) is 1.23. The van der Waals surface area contributed by atoms with E-state index in [0.717, 1.165) is 25.7 Å². The molecule has 0 spiro atoms. The molecule has 2 rings (SSSR count). The maximum absolute atomic E-state index is 12.4. The Bertz CT molecular complexity index is 640. The molecule has 170 valence electrons. The van der Waals surface area contributed by atoms with Crippen molar-refractivity contribution in [3.05, 3.63) is 23.8 Å². The van der Waals surface area contributed by atoms with Crippen LogP contribution in [0.1, 0.15) is 65.7 Å². The molecule has 2 aliphatic rings. The van der Waals surface area contributed by atoms with Crippen molar-refractivity contribution < 1.29 is 29.3 Å². The van der Waals surface area contributed by atoms with Crippen molar-refractivity contribution in [3.63, 3.8) is 0 Å². The van der Waals surface area contributed by atoms with E-state index in [-0.39, 0.29) is 42.7 Å². The van der Waals surface area contributed by atoms with Crippen LogP contribution in [0.5, 0.6) is 0 Å². The summed E-state index contributed by atoms with van der Waals surface area (Å²) in [5, 5.41) is 20.4. The molecule has 0 aromatic carbocycles. The van der Waals surface area contributed by atoms with Crippen molar-refractivity contribution in [1.82, 2.24) is 0 Å². The molecule has 0 fully saturated rings. The van der Waals surface area contributed by atoms with Crippen molar-refractivity contribution in [1.29, 1.82) is 0 Å². The predicted molar refractivity (Wildman–Crippen MR) is 114 cm³/mol. The van der Waals surface area contributed by atoms with Gasteiger partial charge < -0.3 is 19.7 Å². The molecular formula is C24H38O6. The van der Waals surface area contributed by atoms with Crippen molar-refractivity contribution >= 4 is 11.9 Å². The van der Waals surface area contributed by atoms with Gasteiger partial charge in [0.2, 0.25) is 0 Å². The van der Waals surface area contributed by atoms with Gasteiger partial charge in [-0.05, 0) is 55.9 Å². The number of ether oxygens (including phenoxy) is 2. The van der Waals surface area contributed by atoms with Gasteiger partial charge >= 0.3 is 11.9 Å². The second-order valence-electron chi connectivity index (χ2n) is 8.87. The summed E-state index contributed by atoms with van der Waals surface area (Å²) in [4.78, 5) is 23.7. The zero-order valence-corrected chi connectivity index (χ0v) is 18.8. The summed E-state index contributed by atoms with van der Waals surface area (Å²) < 4.78 is 10.5. The van der Waals surface area contributed by atoms with Crippen molar-refractivity contribution in [2.75, 3.05) is 7.11 Å². The lowest BCUT2D eigenvalue weighted by Gasteiger charge is -2.42. The largest absolute Gasteiger partial charge is 0.469 e. The summed E-state index contributed by atoms with van der Waals surface area (Å²) >= 11 is 0. The van der Waals surface area contributed by atoms with Crippen molar-refractivity contribution in [3.8, 4) is 0 Å². The molecule has 7 atom stereocenters. The summed E-state index contributed by atoms with van der Waals surface area (Å²) in [5.74, 6) is -0.0169. The van der Waals surface area contributed by atoms with Gasteiger partial charge in [0.25, 0.3) is 0 Å². The molecule has 0 saturated carbocycles. The monoisotopic (exact) mass is 422 g/mol. The van der Waals surface area contributed by atoms with Crippen LogP contribution in [-0.2, 0) is 19.1 Å². The standard InChI is InChI=1S/C24H38O6/c1-5-15(2)24(28)30-21-8-6-7-17-10-9-16(3)20(23(17)21)12-11-18(25)13-19(26)14-22(27)29-4/h7,9-10,15-16,18-21,23,25-26H,5-6,8,11-14H2,1-4H3/t15-,16-,18+,19+,20-,21+,23-/m1/s1. The Kier molecular flexibility index (Phi) is 9.56. The van der Waals surface area contributed by atoms with Crippen LogP contribution in [-0.4, -0.2) is 47.6 Å². The third kappa shape index (κ3) is 6.67. The number of methoxy groups -OCH3 is 1. The number of hydrogen-bond donors (Lipinski definition) is 2. The number of fused-ring (bicyclic) bond motifs is 1. The lowest BCUT2D eigenvalue weighted by Crippen LogP contribution is -2.40. The van der Waals surface area contributed by atoms with E-state index in [1.807, 2.05) is 13.8 Å².